The lowest BCUT2D eigenvalue weighted by molar-refractivity contribution is 0.474. The molecule has 0 saturated heterocycles. The maximum absolute atomic E-state index is 13.6. The largest absolute Gasteiger partial charge is 0.508 e. The van der Waals surface area contributed by atoms with Crippen molar-refractivity contribution in [3.8, 4) is 5.75 Å². The van der Waals surface area contributed by atoms with E-state index < -0.39 is 0 Å². The van der Waals surface area contributed by atoms with Crippen molar-refractivity contribution in [2.45, 2.75) is 6.54 Å². The molecule has 0 spiro atoms. The van der Waals surface area contributed by atoms with Crippen LogP contribution >= 0.6 is 15.9 Å². The molecule has 18 heavy (non-hydrogen) atoms. The average Bonchev–Trinajstić information content (AvgIpc) is 2.34. The van der Waals surface area contributed by atoms with Crippen LogP contribution in [0, 0.1) is 5.82 Å². The fourth-order valence-corrected chi connectivity index (χ4v) is 2.16. The maximum atomic E-state index is 13.6. The topological polar surface area (TPSA) is 23.5 Å². The minimum Gasteiger partial charge on any atom is -0.508 e. The van der Waals surface area contributed by atoms with Crippen molar-refractivity contribution in [1.29, 1.82) is 0 Å². The number of phenolic OH excluding ortho intramolecular Hbond substituents is 1. The Labute approximate surface area is 114 Å². The molecule has 0 fully saturated rings. The number of para-hydroxylation sites is 1. The fraction of sp³-hybridized carbons (Fsp3) is 0.143. The number of hydrogen-bond donors (Lipinski definition) is 1. The molecule has 2 aromatic rings. The van der Waals surface area contributed by atoms with Gasteiger partial charge < -0.3 is 10.0 Å². The van der Waals surface area contributed by atoms with Crippen molar-refractivity contribution >= 4 is 21.6 Å². The van der Waals surface area contributed by atoms with Gasteiger partial charge in [-0.25, -0.2) is 4.39 Å². The molecule has 0 bridgehead atoms. The smallest absolute Gasteiger partial charge is 0.146 e. The van der Waals surface area contributed by atoms with E-state index in [0.29, 0.717) is 12.2 Å². The van der Waals surface area contributed by atoms with Crippen molar-refractivity contribution in [1.82, 2.24) is 0 Å². The summed E-state index contributed by atoms with van der Waals surface area (Å²) in [6.07, 6.45) is 0. The standard InChI is InChI=1S/C14H13BrFNO/c1-17(14-5-3-2-4-13(14)16)9-10-8-11(18)6-7-12(10)15/h2-8,18H,9H2,1H3. The van der Waals surface area contributed by atoms with Crippen LogP contribution in [-0.4, -0.2) is 12.2 Å². The van der Waals surface area contributed by atoms with Crippen molar-refractivity contribution in [2.75, 3.05) is 11.9 Å². The van der Waals surface area contributed by atoms with Gasteiger partial charge in [0.15, 0.2) is 0 Å². The normalized spacial score (nSPS) is 10.4. The first-order valence-electron chi connectivity index (χ1n) is 5.51. The molecule has 0 unspecified atom stereocenters. The van der Waals surface area contributed by atoms with Crippen LogP contribution in [0.15, 0.2) is 46.9 Å². The third-order valence-electron chi connectivity index (χ3n) is 2.70. The highest BCUT2D eigenvalue weighted by Gasteiger charge is 2.09. The Hall–Kier alpha value is -1.55. The van der Waals surface area contributed by atoms with Crippen LogP contribution in [0.1, 0.15) is 5.56 Å². The zero-order valence-electron chi connectivity index (χ0n) is 9.90. The summed E-state index contributed by atoms with van der Waals surface area (Å²) in [5.41, 5.74) is 1.44. The molecule has 2 rings (SSSR count). The molecule has 0 saturated carbocycles. The summed E-state index contributed by atoms with van der Waals surface area (Å²) >= 11 is 3.42. The summed E-state index contributed by atoms with van der Waals surface area (Å²) < 4.78 is 14.5. The van der Waals surface area contributed by atoms with E-state index in [1.807, 2.05) is 7.05 Å². The molecule has 94 valence electrons. The lowest BCUT2D eigenvalue weighted by Gasteiger charge is -2.20. The van der Waals surface area contributed by atoms with E-state index in [-0.39, 0.29) is 11.6 Å². The molecule has 0 aliphatic rings. The molecule has 0 aliphatic heterocycles. The predicted molar refractivity (Wildman–Crippen MR) is 74.3 cm³/mol. The number of aromatic hydroxyl groups is 1. The van der Waals surface area contributed by atoms with Gasteiger partial charge in [-0.05, 0) is 35.9 Å². The number of nitrogens with zero attached hydrogens (tertiary/aromatic N) is 1. The van der Waals surface area contributed by atoms with E-state index in [0.717, 1.165) is 10.0 Å². The van der Waals surface area contributed by atoms with E-state index in [4.69, 9.17) is 0 Å². The van der Waals surface area contributed by atoms with Crippen LogP contribution in [-0.2, 0) is 6.54 Å². The van der Waals surface area contributed by atoms with Crippen LogP contribution in [0.4, 0.5) is 10.1 Å². The summed E-state index contributed by atoms with van der Waals surface area (Å²) in [5.74, 6) is -0.0496. The van der Waals surface area contributed by atoms with E-state index in [1.54, 1.807) is 41.3 Å². The Morgan fingerprint density at radius 1 is 1.22 bits per heavy atom. The van der Waals surface area contributed by atoms with Crippen LogP contribution in [0.5, 0.6) is 5.75 Å². The third-order valence-corrected chi connectivity index (χ3v) is 3.47. The van der Waals surface area contributed by atoms with E-state index in [9.17, 15) is 9.50 Å². The minimum atomic E-state index is -0.253. The van der Waals surface area contributed by atoms with Crippen LogP contribution in [0.3, 0.4) is 0 Å². The van der Waals surface area contributed by atoms with Gasteiger partial charge in [0.05, 0.1) is 5.69 Å². The summed E-state index contributed by atoms with van der Waals surface area (Å²) in [7, 11) is 1.81. The molecular weight excluding hydrogens is 297 g/mol. The number of benzene rings is 2. The highest BCUT2D eigenvalue weighted by Crippen LogP contribution is 2.25. The van der Waals surface area contributed by atoms with Gasteiger partial charge in [-0.15, -0.1) is 0 Å². The number of anilines is 1. The zero-order valence-corrected chi connectivity index (χ0v) is 11.5. The van der Waals surface area contributed by atoms with Crippen LogP contribution in [0.25, 0.3) is 0 Å². The first-order chi connectivity index (χ1) is 8.58. The highest BCUT2D eigenvalue weighted by molar-refractivity contribution is 9.10. The van der Waals surface area contributed by atoms with E-state index in [2.05, 4.69) is 15.9 Å². The summed E-state index contributed by atoms with van der Waals surface area (Å²) in [4.78, 5) is 1.80. The number of hydrogen-bond acceptors (Lipinski definition) is 2. The molecule has 2 aromatic carbocycles. The molecule has 4 heteroatoms. The van der Waals surface area contributed by atoms with Crippen molar-refractivity contribution < 1.29 is 9.50 Å². The van der Waals surface area contributed by atoms with E-state index >= 15 is 0 Å². The lowest BCUT2D eigenvalue weighted by Crippen LogP contribution is -2.17. The van der Waals surface area contributed by atoms with Gasteiger partial charge in [-0.3, -0.25) is 0 Å². The molecule has 0 heterocycles. The summed E-state index contributed by atoms with van der Waals surface area (Å²) in [6, 6.07) is 11.7. The summed E-state index contributed by atoms with van der Waals surface area (Å²) in [5, 5.41) is 9.46. The molecular formula is C14H13BrFNO. The van der Waals surface area contributed by atoms with Gasteiger partial charge in [0, 0.05) is 18.1 Å². The number of halogens is 2. The van der Waals surface area contributed by atoms with E-state index in [1.165, 1.54) is 6.07 Å². The van der Waals surface area contributed by atoms with Gasteiger partial charge in [0.1, 0.15) is 11.6 Å². The second-order valence-electron chi connectivity index (χ2n) is 4.08. The molecule has 0 aromatic heterocycles. The molecule has 0 amide bonds. The Morgan fingerprint density at radius 3 is 2.67 bits per heavy atom. The van der Waals surface area contributed by atoms with Gasteiger partial charge in [-0.2, -0.15) is 0 Å². The second-order valence-corrected chi connectivity index (χ2v) is 4.94. The highest BCUT2D eigenvalue weighted by atomic mass is 79.9. The lowest BCUT2D eigenvalue weighted by atomic mass is 10.2. The van der Waals surface area contributed by atoms with Crippen molar-refractivity contribution in [3.63, 3.8) is 0 Å². The van der Waals surface area contributed by atoms with Gasteiger partial charge in [0.2, 0.25) is 0 Å². The Balaban J connectivity index is 2.24. The van der Waals surface area contributed by atoms with Gasteiger partial charge >= 0.3 is 0 Å². The SMILES string of the molecule is CN(Cc1cc(O)ccc1Br)c1ccccc1F. The average molecular weight is 310 g/mol. The van der Waals surface area contributed by atoms with Crippen molar-refractivity contribution in [2.24, 2.45) is 0 Å². The number of rotatable bonds is 3. The first-order valence-corrected chi connectivity index (χ1v) is 6.30. The number of phenols is 1. The fourth-order valence-electron chi connectivity index (χ4n) is 1.78. The Bertz CT molecular complexity index is 559. The molecule has 0 aliphatic carbocycles. The predicted octanol–water partition coefficient (Wildman–Crippen LogP) is 3.93. The molecule has 0 radical (unpaired) electrons. The minimum absolute atomic E-state index is 0.204. The third kappa shape index (κ3) is 2.82. The molecule has 0 atom stereocenters. The summed E-state index contributed by atoms with van der Waals surface area (Å²) in [6.45, 7) is 0.510. The monoisotopic (exact) mass is 309 g/mol. The first kappa shape index (κ1) is 12.9. The Morgan fingerprint density at radius 2 is 1.94 bits per heavy atom. The molecule has 1 N–H and O–H groups in total. The van der Waals surface area contributed by atoms with Crippen LogP contribution < -0.4 is 4.90 Å². The second kappa shape index (κ2) is 5.40. The van der Waals surface area contributed by atoms with Crippen LogP contribution in [0.2, 0.25) is 0 Å². The maximum Gasteiger partial charge on any atom is 0.146 e. The van der Waals surface area contributed by atoms with Gasteiger partial charge in [-0.1, -0.05) is 28.1 Å². The Kier molecular flexibility index (Phi) is 3.87. The molecule has 2 nitrogen and oxygen atoms in total. The van der Waals surface area contributed by atoms with Crippen molar-refractivity contribution in [3.05, 3.63) is 58.3 Å². The quantitative estimate of drug-likeness (QED) is 0.928. The van der Waals surface area contributed by atoms with Gasteiger partial charge in [0.25, 0.3) is 0 Å². The zero-order chi connectivity index (χ0) is 13.1.